The van der Waals surface area contributed by atoms with Crippen molar-refractivity contribution in [2.45, 2.75) is 38.3 Å². The first-order valence-electron chi connectivity index (χ1n) is 6.40. The maximum Gasteiger partial charge on any atom is 0.164 e. The van der Waals surface area contributed by atoms with Gasteiger partial charge in [0.05, 0.1) is 6.61 Å². The zero-order valence-corrected chi connectivity index (χ0v) is 10.6. The summed E-state index contributed by atoms with van der Waals surface area (Å²) in [4.78, 5) is 0. The van der Waals surface area contributed by atoms with E-state index in [0.29, 0.717) is 12.0 Å². The van der Waals surface area contributed by atoms with Crippen LogP contribution in [0.3, 0.4) is 0 Å². The van der Waals surface area contributed by atoms with E-state index in [9.17, 15) is 8.78 Å². The van der Waals surface area contributed by atoms with Crippen LogP contribution in [0.4, 0.5) is 8.78 Å². The third-order valence-corrected chi connectivity index (χ3v) is 3.42. The van der Waals surface area contributed by atoms with Crippen LogP contribution >= 0.6 is 0 Å². The second kappa shape index (κ2) is 6.25. The molecule has 1 N–H and O–H groups in total. The lowest BCUT2D eigenvalue weighted by Crippen LogP contribution is -2.35. The number of halogens is 2. The van der Waals surface area contributed by atoms with Gasteiger partial charge in [0.2, 0.25) is 0 Å². The first-order valence-corrected chi connectivity index (χ1v) is 6.40. The predicted octanol–water partition coefficient (Wildman–Crippen LogP) is 2.80. The molecule has 18 heavy (non-hydrogen) atoms. The highest BCUT2D eigenvalue weighted by Crippen LogP contribution is 2.20. The first kappa shape index (κ1) is 13.4. The molecule has 0 radical (unpaired) electrons. The largest absolute Gasteiger partial charge is 0.380 e. The number of ether oxygens (including phenoxy) is 1. The summed E-state index contributed by atoms with van der Waals surface area (Å²) in [5.74, 6) is -1.50. The van der Waals surface area contributed by atoms with Crippen LogP contribution in [0.1, 0.15) is 30.4 Å². The fourth-order valence-corrected chi connectivity index (χ4v) is 2.42. The van der Waals surface area contributed by atoms with Crippen LogP contribution in [-0.2, 0) is 17.8 Å². The fraction of sp³-hybridized carbons (Fsp3) is 0.571. The molecule has 1 fully saturated rings. The summed E-state index contributed by atoms with van der Waals surface area (Å²) in [5, 5.41) is 3.34. The summed E-state index contributed by atoms with van der Waals surface area (Å²) in [6.45, 7) is 1.07. The van der Waals surface area contributed by atoms with E-state index < -0.39 is 11.6 Å². The molecule has 2 nitrogen and oxygen atoms in total. The van der Waals surface area contributed by atoms with E-state index in [4.69, 9.17) is 4.74 Å². The number of hydrogen-bond acceptors (Lipinski definition) is 2. The van der Waals surface area contributed by atoms with Crippen molar-refractivity contribution >= 4 is 0 Å². The van der Waals surface area contributed by atoms with Gasteiger partial charge in [-0.2, -0.15) is 0 Å². The molecule has 1 heterocycles. The minimum atomic E-state index is -0.773. The molecule has 2 rings (SSSR count). The number of rotatable bonds is 4. The van der Waals surface area contributed by atoms with Crippen LogP contribution in [-0.4, -0.2) is 19.7 Å². The Balaban J connectivity index is 2.10. The molecule has 1 saturated heterocycles. The Bertz CT molecular complexity index is 403. The summed E-state index contributed by atoms with van der Waals surface area (Å²) >= 11 is 0. The summed E-state index contributed by atoms with van der Waals surface area (Å²) in [7, 11) is 1.47. The maximum absolute atomic E-state index is 13.9. The minimum Gasteiger partial charge on any atom is -0.380 e. The molecule has 0 saturated carbocycles. The molecular weight excluding hydrogens is 236 g/mol. The van der Waals surface area contributed by atoms with Gasteiger partial charge in [-0.3, -0.25) is 0 Å². The van der Waals surface area contributed by atoms with Gasteiger partial charge in [0.15, 0.2) is 11.6 Å². The average Bonchev–Trinajstić information content (AvgIpc) is 2.40. The number of nitrogens with one attached hydrogen (secondary N) is 1. The third-order valence-electron chi connectivity index (χ3n) is 3.42. The van der Waals surface area contributed by atoms with Crippen LogP contribution < -0.4 is 5.32 Å². The smallest absolute Gasteiger partial charge is 0.164 e. The number of methoxy groups -OCH3 is 1. The van der Waals surface area contributed by atoms with Crippen molar-refractivity contribution in [1.82, 2.24) is 5.32 Å². The van der Waals surface area contributed by atoms with E-state index in [1.807, 2.05) is 0 Å². The van der Waals surface area contributed by atoms with Crippen LogP contribution in [0, 0.1) is 11.6 Å². The lowest BCUT2D eigenvalue weighted by molar-refractivity contribution is 0.180. The quantitative estimate of drug-likeness (QED) is 0.893. The van der Waals surface area contributed by atoms with Crippen molar-refractivity contribution in [2.75, 3.05) is 13.7 Å². The Kier molecular flexibility index (Phi) is 4.66. The molecule has 0 spiro atoms. The molecule has 0 aliphatic carbocycles. The Hall–Kier alpha value is -1.00. The zero-order valence-electron chi connectivity index (χ0n) is 10.6. The van der Waals surface area contributed by atoms with Gasteiger partial charge in [0.25, 0.3) is 0 Å². The van der Waals surface area contributed by atoms with Crippen molar-refractivity contribution in [3.8, 4) is 0 Å². The monoisotopic (exact) mass is 255 g/mol. The van der Waals surface area contributed by atoms with Crippen molar-refractivity contribution in [2.24, 2.45) is 0 Å². The van der Waals surface area contributed by atoms with Crippen molar-refractivity contribution < 1.29 is 13.5 Å². The Morgan fingerprint density at radius 2 is 1.94 bits per heavy atom. The molecule has 4 heteroatoms. The van der Waals surface area contributed by atoms with Gasteiger partial charge in [-0.15, -0.1) is 0 Å². The normalized spacial score (nSPS) is 20.1. The third kappa shape index (κ3) is 3.06. The molecule has 1 aromatic rings. The van der Waals surface area contributed by atoms with E-state index in [1.165, 1.54) is 13.5 Å². The van der Waals surface area contributed by atoms with Crippen LogP contribution in [0.25, 0.3) is 0 Å². The highest BCUT2D eigenvalue weighted by molar-refractivity contribution is 5.26. The SMILES string of the molecule is COCc1ccc(CC2CCCCN2)c(F)c1F. The second-order valence-corrected chi connectivity index (χ2v) is 4.80. The van der Waals surface area contributed by atoms with Gasteiger partial charge in [0, 0.05) is 18.7 Å². The van der Waals surface area contributed by atoms with Gasteiger partial charge in [-0.05, 0) is 31.4 Å². The summed E-state index contributed by atoms with van der Waals surface area (Å²) in [6.07, 6.45) is 3.90. The van der Waals surface area contributed by atoms with Gasteiger partial charge in [-0.1, -0.05) is 18.6 Å². The first-order chi connectivity index (χ1) is 8.72. The molecule has 0 amide bonds. The van der Waals surface area contributed by atoms with E-state index >= 15 is 0 Å². The Morgan fingerprint density at radius 3 is 2.61 bits per heavy atom. The lowest BCUT2D eigenvalue weighted by atomic mass is 9.96. The van der Waals surface area contributed by atoms with Crippen molar-refractivity contribution in [3.63, 3.8) is 0 Å². The minimum absolute atomic E-state index is 0.102. The molecule has 1 unspecified atom stereocenters. The van der Waals surface area contributed by atoms with E-state index in [-0.39, 0.29) is 18.2 Å². The number of hydrogen-bond donors (Lipinski definition) is 1. The molecule has 1 aliphatic rings. The van der Waals surface area contributed by atoms with Crippen molar-refractivity contribution in [1.29, 1.82) is 0 Å². The van der Waals surface area contributed by atoms with Crippen LogP contribution in [0.2, 0.25) is 0 Å². The second-order valence-electron chi connectivity index (χ2n) is 4.80. The maximum atomic E-state index is 13.9. The standard InChI is InChI=1S/C14H19F2NO/c1-18-9-11-6-5-10(13(15)14(11)16)8-12-4-2-3-7-17-12/h5-6,12,17H,2-4,7-9H2,1H3. The molecule has 0 bridgehead atoms. The van der Waals surface area contributed by atoms with Crippen LogP contribution in [0.5, 0.6) is 0 Å². The van der Waals surface area contributed by atoms with E-state index in [1.54, 1.807) is 12.1 Å². The van der Waals surface area contributed by atoms with E-state index in [2.05, 4.69) is 5.32 Å². The number of benzene rings is 1. The Labute approximate surface area is 106 Å². The summed E-state index contributed by atoms with van der Waals surface area (Å²) in [6, 6.07) is 3.55. The number of piperidine rings is 1. The fourth-order valence-electron chi connectivity index (χ4n) is 2.42. The van der Waals surface area contributed by atoms with Crippen molar-refractivity contribution in [3.05, 3.63) is 34.9 Å². The van der Waals surface area contributed by atoms with Gasteiger partial charge in [0.1, 0.15) is 0 Å². The lowest BCUT2D eigenvalue weighted by Gasteiger charge is -2.23. The van der Waals surface area contributed by atoms with Gasteiger partial charge < -0.3 is 10.1 Å². The highest BCUT2D eigenvalue weighted by Gasteiger charge is 2.18. The van der Waals surface area contributed by atoms with Crippen LogP contribution in [0.15, 0.2) is 12.1 Å². The molecule has 1 aliphatic heterocycles. The summed E-state index contributed by atoms with van der Waals surface area (Å²) < 4.78 is 32.4. The van der Waals surface area contributed by atoms with Gasteiger partial charge >= 0.3 is 0 Å². The Morgan fingerprint density at radius 1 is 1.22 bits per heavy atom. The average molecular weight is 255 g/mol. The zero-order chi connectivity index (χ0) is 13.0. The summed E-state index contributed by atoms with van der Waals surface area (Å²) in [5.41, 5.74) is 0.724. The predicted molar refractivity (Wildman–Crippen MR) is 66.4 cm³/mol. The van der Waals surface area contributed by atoms with E-state index in [0.717, 1.165) is 19.4 Å². The van der Waals surface area contributed by atoms with Gasteiger partial charge in [-0.25, -0.2) is 8.78 Å². The highest BCUT2D eigenvalue weighted by atomic mass is 19.2. The molecular formula is C14H19F2NO. The molecule has 100 valence electrons. The molecule has 1 atom stereocenters. The molecule has 1 aromatic carbocycles. The molecule has 0 aromatic heterocycles. The topological polar surface area (TPSA) is 21.3 Å².